The van der Waals surface area contributed by atoms with Crippen LogP contribution in [0, 0.1) is 6.92 Å². The van der Waals surface area contributed by atoms with Gasteiger partial charge in [-0.15, -0.1) is 0 Å². The van der Waals surface area contributed by atoms with E-state index in [1.165, 1.54) is 60.8 Å². The highest BCUT2D eigenvalue weighted by atomic mass is 15.1. The van der Waals surface area contributed by atoms with Crippen LogP contribution in [-0.2, 0) is 5.54 Å². The van der Waals surface area contributed by atoms with Crippen LogP contribution in [0.2, 0.25) is 0 Å². The molecule has 0 aliphatic heterocycles. The van der Waals surface area contributed by atoms with Crippen molar-refractivity contribution in [1.82, 2.24) is 4.57 Å². The van der Waals surface area contributed by atoms with Gasteiger partial charge in [0.25, 0.3) is 0 Å². The lowest BCUT2D eigenvalue weighted by Gasteiger charge is -2.26. The van der Waals surface area contributed by atoms with Crippen molar-refractivity contribution >= 4 is 38.9 Å². The lowest BCUT2D eigenvalue weighted by Crippen LogP contribution is -2.21. The largest absolute Gasteiger partial charge is 0.335 e. The monoisotopic (exact) mass is 632 g/mol. The number of aromatic nitrogens is 1. The van der Waals surface area contributed by atoms with Crippen molar-refractivity contribution in [3.05, 3.63) is 175 Å². The highest BCUT2D eigenvalue weighted by Crippen LogP contribution is 2.39. The number of aryl methyl sites for hydroxylation is 1. The first-order chi connectivity index (χ1) is 23.8. The standard InChI is InChI=1S/C47H40N2/c1-33-31-41(48(39-15-9-6-10-16-39)40-26-23-35(24-27-40)34-13-7-5-8-14-34)28-29-42(33)37-21-19-36(20-22-37)38-25-30-46-44(32-38)43-17-11-12-18-45(43)49(46)47(2,3)4/h5-32H,1-4H3. The molecule has 1 aromatic heterocycles. The number of anilines is 3. The summed E-state index contributed by atoms with van der Waals surface area (Å²) in [6, 6.07) is 61.6. The summed E-state index contributed by atoms with van der Waals surface area (Å²) < 4.78 is 2.47. The normalized spacial score (nSPS) is 11.7. The third-order valence-electron chi connectivity index (χ3n) is 9.59. The molecule has 0 saturated carbocycles. The molecule has 0 fully saturated rings. The Kier molecular flexibility index (Phi) is 7.65. The van der Waals surface area contributed by atoms with E-state index in [9.17, 15) is 0 Å². The van der Waals surface area contributed by atoms with Crippen LogP contribution >= 0.6 is 0 Å². The van der Waals surface area contributed by atoms with E-state index in [1.807, 2.05) is 0 Å². The fourth-order valence-corrected chi connectivity index (χ4v) is 7.29. The van der Waals surface area contributed by atoms with Crippen molar-refractivity contribution < 1.29 is 0 Å². The molecule has 0 unspecified atom stereocenters. The maximum absolute atomic E-state index is 2.47. The number of rotatable bonds is 6. The third-order valence-corrected chi connectivity index (χ3v) is 9.59. The molecule has 0 radical (unpaired) electrons. The molecule has 1 heterocycles. The molecule has 7 aromatic carbocycles. The number of nitrogens with zero attached hydrogens (tertiary/aromatic N) is 2. The second-order valence-electron chi connectivity index (χ2n) is 13.9. The van der Waals surface area contributed by atoms with E-state index in [1.54, 1.807) is 0 Å². The van der Waals surface area contributed by atoms with Gasteiger partial charge in [0.15, 0.2) is 0 Å². The van der Waals surface area contributed by atoms with Crippen LogP contribution in [0.5, 0.6) is 0 Å². The zero-order chi connectivity index (χ0) is 33.5. The first-order valence-corrected chi connectivity index (χ1v) is 17.1. The van der Waals surface area contributed by atoms with Crippen molar-refractivity contribution in [2.75, 3.05) is 4.90 Å². The van der Waals surface area contributed by atoms with Crippen LogP contribution in [0.4, 0.5) is 17.1 Å². The summed E-state index contributed by atoms with van der Waals surface area (Å²) in [4.78, 5) is 2.33. The predicted molar refractivity (Wildman–Crippen MR) is 210 cm³/mol. The Morgan fingerprint density at radius 3 is 1.61 bits per heavy atom. The smallest absolute Gasteiger partial charge is 0.0496 e. The molecule has 8 rings (SSSR count). The van der Waals surface area contributed by atoms with Crippen LogP contribution < -0.4 is 4.90 Å². The molecule has 8 aromatic rings. The summed E-state index contributed by atoms with van der Waals surface area (Å²) in [5.41, 5.74) is 14.5. The van der Waals surface area contributed by atoms with Crippen molar-refractivity contribution in [3.8, 4) is 33.4 Å². The molecule has 0 aliphatic rings. The van der Waals surface area contributed by atoms with E-state index >= 15 is 0 Å². The molecular weight excluding hydrogens is 593 g/mol. The van der Waals surface area contributed by atoms with Gasteiger partial charge in [-0.2, -0.15) is 0 Å². The van der Waals surface area contributed by atoms with Crippen molar-refractivity contribution in [1.29, 1.82) is 0 Å². The molecule has 49 heavy (non-hydrogen) atoms. The van der Waals surface area contributed by atoms with Gasteiger partial charge in [0.05, 0.1) is 0 Å². The van der Waals surface area contributed by atoms with Crippen molar-refractivity contribution in [3.63, 3.8) is 0 Å². The maximum Gasteiger partial charge on any atom is 0.0496 e. The minimum absolute atomic E-state index is 0.0109. The number of hydrogen-bond acceptors (Lipinski definition) is 1. The Morgan fingerprint density at radius 2 is 0.918 bits per heavy atom. The van der Waals surface area contributed by atoms with E-state index in [2.05, 4.69) is 207 Å². The van der Waals surface area contributed by atoms with Crippen LogP contribution in [0.25, 0.3) is 55.2 Å². The highest BCUT2D eigenvalue weighted by molar-refractivity contribution is 6.09. The fraction of sp³-hybridized carbons (Fsp3) is 0.106. The molecule has 2 nitrogen and oxygen atoms in total. The first kappa shape index (κ1) is 30.5. The van der Waals surface area contributed by atoms with Gasteiger partial charge < -0.3 is 9.47 Å². The molecular formula is C47H40N2. The van der Waals surface area contributed by atoms with Crippen LogP contribution in [0.3, 0.4) is 0 Å². The van der Waals surface area contributed by atoms with Gasteiger partial charge >= 0.3 is 0 Å². The SMILES string of the molecule is Cc1cc(N(c2ccccc2)c2ccc(-c3ccccc3)cc2)ccc1-c1ccc(-c2ccc3c(c2)c2ccccc2n3C(C)(C)C)cc1. The molecule has 0 bridgehead atoms. The number of fused-ring (bicyclic) bond motifs is 3. The number of para-hydroxylation sites is 2. The average molecular weight is 633 g/mol. The van der Waals surface area contributed by atoms with Crippen LogP contribution in [0.1, 0.15) is 26.3 Å². The van der Waals surface area contributed by atoms with Gasteiger partial charge in [0, 0.05) is 44.4 Å². The van der Waals surface area contributed by atoms with E-state index in [0.717, 1.165) is 17.1 Å². The second kappa shape index (κ2) is 12.3. The fourth-order valence-electron chi connectivity index (χ4n) is 7.29. The van der Waals surface area contributed by atoms with Crippen molar-refractivity contribution in [2.24, 2.45) is 0 Å². The zero-order valence-electron chi connectivity index (χ0n) is 28.6. The topological polar surface area (TPSA) is 8.17 Å². The predicted octanol–water partition coefficient (Wildman–Crippen LogP) is 13.3. The van der Waals surface area contributed by atoms with E-state index in [-0.39, 0.29) is 5.54 Å². The van der Waals surface area contributed by atoms with Gasteiger partial charge in [-0.1, -0.05) is 115 Å². The Labute approximate surface area is 289 Å². The third kappa shape index (κ3) is 5.70. The Hall–Kier alpha value is -5.86. The summed E-state index contributed by atoms with van der Waals surface area (Å²) in [5, 5.41) is 2.61. The van der Waals surface area contributed by atoms with E-state index in [4.69, 9.17) is 0 Å². The molecule has 0 spiro atoms. The van der Waals surface area contributed by atoms with Gasteiger partial charge in [0.2, 0.25) is 0 Å². The zero-order valence-corrected chi connectivity index (χ0v) is 28.6. The van der Waals surface area contributed by atoms with Gasteiger partial charge in [-0.3, -0.25) is 0 Å². The minimum Gasteiger partial charge on any atom is -0.335 e. The van der Waals surface area contributed by atoms with Gasteiger partial charge in [-0.05, 0) is 121 Å². The first-order valence-electron chi connectivity index (χ1n) is 17.1. The molecule has 0 aliphatic carbocycles. The molecule has 0 amide bonds. The Balaban J connectivity index is 1.11. The molecule has 0 saturated heterocycles. The minimum atomic E-state index is -0.0109. The number of benzene rings is 7. The van der Waals surface area contributed by atoms with Gasteiger partial charge in [0.1, 0.15) is 0 Å². The van der Waals surface area contributed by atoms with Crippen LogP contribution in [-0.4, -0.2) is 4.57 Å². The quantitative estimate of drug-likeness (QED) is 0.177. The Bertz CT molecular complexity index is 2390. The summed E-state index contributed by atoms with van der Waals surface area (Å²) in [7, 11) is 0. The van der Waals surface area contributed by atoms with E-state index in [0.29, 0.717) is 0 Å². The number of hydrogen-bond donors (Lipinski definition) is 0. The highest BCUT2D eigenvalue weighted by Gasteiger charge is 2.21. The van der Waals surface area contributed by atoms with E-state index < -0.39 is 0 Å². The summed E-state index contributed by atoms with van der Waals surface area (Å²) in [6.07, 6.45) is 0. The molecule has 0 N–H and O–H groups in total. The molecule has 0 atom stereocenters. The van der Waals surface area contributed by atoms with Gasteiger partial charge in [-0.25, -0.2) is 0 Å². The Morgan fingerprint density at radius 1 is 0.408 bits per heavy atom. The van der Waals surface area contributed by atoms with Crippen LogP contribution in [0.15, 0.2) is 170 Å². The molecule has 2 heteroatoms. The molecule has 238 valence electrons. The lowest BCUT2D eigenvalue weighted by molar-refractivity contribution is 0.423. The summed E-state index contributed by atoms with van der Waals surface area (Å²) in [6.45, 7) is 9.06. The average Bonchev–Trinajstić information content (AvgIpc) is 3.48. The summed E-state index contributed by atoms with van der Waals surface area (Å²) >= 11 is 0. The van der Waals surface area contributed by atoms with Crippen molar-refractivity contribution in [2.45, 2.75) is 33.2 Å². The summed E-state index contributed by atoms with van der Waals surface area (Å²) in [5.74, 6) is 0. The maximum atomic E-state index is 2.47. The second-order valence-corrected chi connectivity index (χ2v) is 13.9. The lowest BCUT2D eigenvalue weighted by atomic mass is 9.96.